The van der Waals surface area contributed by atoms with Gasteiger partial charge in [-0.3, -0.25) is 9.20 Å². The Morgan fingerprint density at radius 3 is 2.72 bits per heavy atom. The minimum absolute atomic E-state index is 0.138. The second kappa shape index (κ2) is 7.49. The first-order valence-corrected chi connectivity index (χ1v) is 10.8. The van der Waals surface area contributed by atoms with Crippen molar-refractivity contribution in [1.29, 1.82) is 0 Å². The Bertz CT molecular complexity index is 1260. The second-order valence-electron chi connectivity index (χ2n) is 6.62. The Morgan fingerprint density at radius 2 is 2.00 bits per heavy atom. The summed E-state index contributed by atoms with van der Waals surface area (Å²) in [6.07, 6.45) is -3.64. The summed E-state index contributed by atoms with van der Waals surface area (Å²) < 4.78 is 42.7. The number of thioether (sulfide) groups is 1. The first-order chi connectivity index (χ1) is 13.8. The van der Waals surface area contributed by atoms with E-state index in [1.807, 2.05) is 19.2 Å². The van der Waals surface area contributed by atoms with Crippen molar-refractivity contribution in [1.82, 2.24) is 18.9 Å². The van der Waals surface area contributed by atoms with Crippen LogP contribution in [0.2, 0.25) is 0 Å². The molecule has 3 heterocycles. The molecule has 0 bridgehead atoms. The number of rotatable bonds is 5. The number of benzene rings is 1. The summed E-state index contributed by atoms with van der Waals surface area (Å²) in [7, 11) is 0. The first kappa shape index (κ1) is 20.0. The summed E-state index contributed by atoms with van der Waals surface area (Å²) in [5.41, 5.74) is 1.61. The van der Waals surface area contributed by atoms with Crippen LogP contribution in [0, 0.1) is 6.92 Å². The van der Waals surface area contributed by atoms with E-state index in [9.17, 15) is 18.0 Å². The Labute approximate surface area is 172 Å². The molecule has 0 aliphatic carbocycles. The van der Waals surface area contributed by atoms with Crippen LogP contribution in [0.3, 0.4) is 0 Å². The highest BCUT2D eigenvalue weighted by Gasteiger charge is 2.31. The fourth-order valence-corrected chi connectivity index (χ4v) is 4.96. The van der Waals surface area contributed by atoms with Crippen LogP contribution in [0.1, 0.15) is 30.3 Å². The average molecular weight is 439 g/mol. The third-order valence-corrected chi connectivity index (χ3v) is 6.42. The molecular weight excluding hydrogens is 421 g/mol. The van der Waals surface area contributed by atoms with Gasteiger partial charge in [0.1, 0.15) is 0 Å². The quantitative estimate of drug-likeness (QED) is 0.405. The summed E-state index contributed by atoms with van der Waals surface area (Å²) in [5, 5.41) is 2.49. The van der Waals surface area contributed by atoms with E-state index in [0.29, 0.717) is 39.1 Å². The van der Waals surface area contributed by atoms with E-state index in [-0.39, 0.29) is 5.56 Å². The monoisotopic (exact) mass is 438 g/mol. The summed E-state index contributed by atoms with van der Waals surface area (Å²) in [4.78, 5) is 22.0. The lowest BCUT2D eigenvalue weighted by Gasteiger charge is -2.09. The zero-order chi connectivity index (χ0) is 20.8. The van der Waals surface area contributed by atoms with Crippen molar-refractivity contribution in [2.45, 2.75) is 43.9 Å². The van der Waals surface area contributed by atoms with Gasteiger partial charge in [0.05, 0.1) is 22.3 Å². The van der Waals surface area contributed by atoms with Crippen LogP contribution in [-0.4, -0.2) is 18.9 Å². The molecule has 0 saturated carbocycles. The zero-order valence-electron chi connectivity index (χ0n) is 15.7. The van der Waals surface area contributed by atoms with Gasteiger partial charge in [-0.15, -0.1) is 11.3 Å². The van der Waals surface area contributed by atoms with Crippen LogP contribution in [0.15, 0.2) is 39.6 Å². The van der Waals surface area contributed by atoms with Gasteiger partial charge in [0.2, 0.25) is 0 Å². The van der Waals surface area contributed by atoms with E-state index < -0.39 is 11.7 Å². The summed E-state index contributed by atoms with van der Waals surface area (Å²) >= 11 is 2.77. The molecule has 4 rings (SSSR count). The molecule has 29 heavy (non-hydrogen) atoms. The van der Waals surface area contributed by atoms with Gasteiger partial charge in [0, 0.05) is 29.4 Å². The predicted molar refractivity (Wildman–Crippen MR) is 109 cm³/mol. The normalized spacial score (nSPS) is 12.3. The summed E-state index contributed by atoms with van der Waals surface area (Å²) in [6.45, 7) is 4.37. The van der Waals surface area contributed by atoms with E-state index in [0.717, 1.165) is 24.2 Å². The molecule has 0 amide bonds. The Hall–Kier alpha value is -2.33. The Balaban J connectivity index is 1.68. The summed E-state index contributed by atoms with van der Waals surface area (Å²) in [5.74, 6) is 0.405. The fraction of sp³-hybridized carbons (Fsp3) is 0.316. The molecule has 4 aromatic rings. The minimum Gasteiger partial charge on any atom is -0.319 e. The number of fused-ring (bicyclic) bond motifs is 2. The van der Waals surface area contributed by atoms with E-state index in [1.165, 1.54) is 35.2 Å². The molecule has 0 N–H and O–H groups in total. The highest BCUT2D eigenvalue weighted by molar-refractivity contribution is 7.98. The van der Waals surface area contributed by atoms with Gasteiger partial charge >= 0.3 is 6.18 Å². The van der Waals surface area contributed by atoms with Crippen molar-refractivity contribution in [3.05, 3.63) is 57.0 Å². The van der Waals surface area contributed by atoms with E-state index in [2.05, 4.69) is 9.97 Å². The van der Waals surface area contributed by atoms with Crippen molar-refractivity contribution in [2.24, 2.45) is 0 Å². The molecule has 0 spiro atoms. The molecule has 0 atom stereocenters. The Morgan fingerprint density at radius 1 is 1.21 bits per heavy atom. The van der Waals surface area contributed by atoms with Crippen molar-refractivity contribution < 1.29 is 13.2 Å². The van der Waals surface area contributed by atoms with E-state index in [1.54, 1.807) is 8.97 Å². The molecule has 0 aliphatic rings. The number of halogens is 3. The molecule has 152 valence electrons. The van der Waals surface area contributed by atoms with Crippen LogP contribution in [-0.2, 0) is 18.5 Å². The minimum atomic E-state index is -4.40. The molecular formula is C19H17F3N4OS2. The molecule has 3 aromatic heterocycles. The van der Waals surface area contributed by atoms with Gasteiger partial charge in [0.15, 0.2) is 10.1 Å². The van der Waals surface area contributed by atoms with Crippen LogP contribution in [0.5, 0.6) is 0 Å². The van der Waals surface area contributed by atoms with Crippen LogP contribution >= 0.6 is 23.1 Å². The van der Waals surface area contributed by atoms with E-state index in [4.69, 9.17) is 0 Å². The average Bonchev–Trinajstić information content (AvgIpc) is 3.20. The molecule has 0 saturated heterocycles. The van der Waals surface area contributed by atoms with Crippen LogP contribution < -0.4 is 5.56 Å². The van der Waals surface area contributed by atoms with Gasteiger partial charge in [-0.05, 0) is 31.5 Å². The lowest BCUT2D eigenvalue weighted by Crippen LogP contribution is -2.14. The fourth-order valence-electron chi connectivity index (χ4n) is 3.14. The van der Waals surface area contributed by atoms with Gasteiger partial charge in [-0.25, -0.2) is 9.97 Å². The summed E-state index contributed by atoms with van der Waals surface area (Å²) in [6, 6.07) is 5.09. The first-order valence-electron chi connectivity index (χ1n) is 8.95. The van der Waals surface area contributed by atoms with Crippen LogP contribution in [0.4, 0.5) is 13.2 Å². The largest absolute Gasteiger partial charge is 0.416 e. The number of aryl methyl sites for hydroxylation is 2. The second-order valence-corrected chi connectivity index (χ2v) is 8.40. The number of hydrogen-bond donors (Lipinski definition) is 0. The molecule has 0 radical (unpaired) electrons. The van der Waals surface area contributed by atoms with Crippen molar-refractivity contribution in [3.8, 4) is 0 Å². The number of thiazole rings is 1. The topological polar surface area (TPSA) is 52.2 Å². The zero-order valence-corrected chi connectivity index (χ0v) is 17.3. The van der Waals surface area contributed by atoms with Crippen LogP contribution in [0.25, 0.3) is 16.0 Å². The lowest BCUT2D eigenvalue weighted by molar-refractivity contribution is -0.137. The molecule has 0 fully saturated rings. The van der Waals surface area contributed by atoms with Gasteiger partial charge in [0.25, 0.3) is 5.56 Å². The van der Waals surface area contributed by atoms with Gasteiger partial charge < -0.3 is 4.57 Å². The molecule has 5 nitrogen and oxygen atoms in total. The maximum atomic E-state index is 13.1. The van der Waals surface area contributed by atoms with Gasteiger partial charge in [-0.1, -0.05) is 18.7 Å². The number of aromatic nitrogens is 4. The number of alkyl halides is 3. The van der Waals surface area contributed by atoms with Crippen molar-refractivity contribution in [2.75, 3.05) is 0 Å². The third kappa shape index (κ3) is 3.78. The number of hydrogen-bond acceptors (Lipinski definition) is 5. The maximum Gasteiger partial charge on any atom is 0.416 e. The molecule has 0 aliphatic heterocycles. The SMILES string of the molecule is CCCn1c(SCc2cc(=O)n3c(C)csc3n2)nc2ccc(C(F)(F)F)cc21. The smallest absolute Gasteiger partial charge is 0.319 e. The highest BCUT2D eigenvalue weighted by atomic mass is 32.2. The predicted octanol–water partition coefficient (Wildman–Crippen LogP) is 5.14. The van der Waals surface area contributed by atoms with Crippen molar-refractivity contribution >= 4 is 39.1 Å². The maximum absolute atomic E-state index is 13.1. The highest BCUT2D eigenvalue weighted by Crippen LogP contribution is 2.33. The van der Waals surface area contributed by atoms with E-state index >= 15 is 0 Å². The van der Waals surface area contributed by atoms with Crippen molar-refractivity contribution in [3.63, 3.8) is 0 Å². The standard InChI is InChI=1S/C19H17F3N4OS2/c1-3-6-25-15-7-12(19(20,21)22)4-5-14(15)24-17(25)29-10-13-8-16(27)26-11(2)9-28-18(26)23-13/h4-5,7-9H,3,6,10H2,1-2H3. The lowest BCUT2D eigenvalue weighted by atomic mass is 10.2. The molecule has 10 heteroatoms. The molecule has 0 unspecified atom stereocenters. The Kier molecular flexibility index (Phi) is 5.16. The third-order valence-electron chi connectivity index (χ3n) is 4.47. The molecule has 1 aromatic carbocycles. The number of nitrogens with zero attached hydrogens (tertiary/aromatic N) is 4. The van der Waals surface area contributed by atoms with Gasteiger partial charge in [-0.2, -0.15) is 13.2 Å². The number of imidazole rings is 1.